The van der Waals surface area contributed by atoms with Gasteiger partial charge in [-0.05, 0) is 31.5 Å². The highest BCUT2D eigenvalue weighted by Crippen LogP contribution is 2.29. The summed E-state index contributed by atoms with van der Waals surface area (Å²) in [7, 11) is 0. The number of hydrogen-bond acceptors (Lipinski definition) is 2. The van der Waals surface area contributed by atoms with Crippen molar-refractivity contribution in [3.63, 3.8) is 0 Å². The molecule has 0 aliphatic heterocycles. The third-order valence-electron chi connectivity index (χ3n) is 1.91. The summed E-state index contributed by atoms with van der Waals surface area (Å²) in [6, 6.07) is -0.0289. The summed E-state index contributed by atoms with van der Waals surface area (Å²) in [6.45, 7) is 2.81. The van der Waals surface area contributed by atoms with E-state index in [0.717, 1.165) is 10.7 Å². The van der Waals surface area contributed by atoms with Crippen molar-refractivity contribution in [3.05, 3.63) is 17.5 Å². The molecule has 0 bridgehead atoms. The Morgan fingerprint density at radius 3 is 2.47 bits per heavy atom. The molecule has 1 atom stereocenters. The van der Waals surface area contributed by atoms with Crippen LogP contribution in [0.25, 0.3) is 0 Å². The third-order valence-corrected chi connectivity index (χ3v) is 2.22. The predicted molar refractivity (Wildman–Crippen MR) is 47.5 cm³/mol. The topological polar surface area (TPSA) is 34.9 Å². The summed E-state index contributed by atoms with van der Waals surface area (Å²) in [6.07, 6.45) is -4.51. The van der Waals surface area contributed by atoms with Gasteiger partial charge >= 0.3 is 6.18 Å². The number of carbonyl (C=O) groups excluding carboxylic acids is 1. The number of nitrogens with zero attached hydrogens (tertiary/aromatic N) is 2. The fourth-order valence-electron chi connectivity index (χ4n) is 1.11. The van der Waals surface area contributed by atoms with Gasteiger partial charge in [0.1, 0.15) is 6.04 Å². The highest BCUT2D eigenvalue weighted by Gasteiger charge is 2.35. The lowest BCUT2D eigenvalue weighted by Gasteiger charge is -2.08. The Morgan fingerprint density at radius 1 is 1.60 bits per heavy atom. The van der Waals surface area contributed by atoms with Gasteiger partial charge in [-0.15, -0.1) is 0 Å². The molecule has 0 fully saturated rings. The number of aryl methyl sites for hydroxylation is 1. The molecule has 0 radical (unpaired) electrons. The van der Waals surface area contributed by atoms with E-state index in [0.29, 0.717) is 0 Å². The number of carbonyl (C=O) groups is 1. The van der Waals surface area contributed by atoms with Crippen molar-refractivity contribution in [1.29, 1.82) is 0 Å². The summed E-state index contributed by atoms with van der Waals surface area (Å²) in [5, 5.41) is 2.53. The molecule has 1 rings (SSSR count). The third kappa shape index (κ3) is 2.50. The van der Waals surface area contributed by atoms with E-state index in [4.69, 9.17) is 11.6 Å². The molecule has 0 amide bonds. The van der Waals surface area contributed by atoms with Gasteiger partial charge in [0.2, 0.25) is 5.24 Å². The molecule has 15 heavy (non-hydrogen) atoms. The van der Waals surface area contributed by atoms with Crippen molar-refractivity contribution in [2.24, 2.45) is 0 Å². The number of aromatic nitrogens is 2. The van der Waals surface area contributed by atoms with Gasteiger partial charge in [0.15, 0.2) is 5.69 Å². The lowest BCUT2D eigenvalue weighted by molar-refractivity contribution is -0.141. The summed E-state index contributed by atoms with van der Waals surface area (Å²) < 4.78 is 37.7. The van der Waals surface area contributed by atoms with Crippen LogP contribution >= 0.6 is 11.6 Å². The van der Waals surface area contributed by atoms with Crippen LogP contribution in [0.3, 0.4) is 0 Å². The molecule has 1 heterocycles. The quantitative estimate of drug-likeness (QED) is 0.745. The van der Waals surface area contributed by atoms with Crippen LogP contribution in [0, 0.1) is 6.92 Å². The Bertz CT molecular complexity index is 386. The number of halogens is 4. The van der Waals surface area contributed by atoms with Gasteiger partial charge in [-0.1, -0.05) is 0 Å². The standard InChI is InChI=1S/C8H8ClF3N2O/c1-4-3-6(8(10,11)12)13-14(4)5(2)7(9)15/h3,5H,1-2H3. The van der Waals surface area contributed by atoms with Crippen LogP contribution in [-0.4, -0.2) is 15.0 Å². The second kappa shape index (κ2) is 3.84. The average Bonchev–Trinajstić information content (AvgIpc) is 2.45. The predicted octanol–water partition coefficient (Wildman–Crippen LogP) is 2.54. The van der Waals surface area contributed by atoms with Gasteiger partial charge < -0.3 is 0 Å². The second-order valence-corrected chi connectivity index (χ2v) is 3.47. The first-order valence-electron chi connectivity index (χ1n) is 4.06. The molecule has 1 aromatic rings. The van der Waals surface area contributed by atoms with E-state index in [9.17, 15) is 18.0 Å². The molecule has 0 aromatic carbocycles. The summed E-state index contributed by atoms with van der Waals surface area (Å²) in [5.41, 5.74) is -0.784. The Kier molecular flexibility index (Phi) is 3.08. The first kappa shape index (κ1) is 12.0. The summed E-state index contributed by atoms with van der Waals surface area (Å²) in [5.74, 6) is 0. The van der Waals surface area contributed by atoms with E-state index >= 15 is 0 Å². The molecule has 84 valence electrons. The van der Waals surface area contributed by atoms with Crippen LogP contribution in [0.5, 0.6) is 0 Å². The van der Waals surface area contributed by atoms with Gasteiger partial charge in [0.05, 0.1) is 0 Å². The maximum atomic E-state index is 12.3. The molecule has 0 spiro atoms. The highest BCUT2D eigenvalue weighted by atomic mass is 35.5. The Balaban J connectivity index is 3.12. The van der Waals surface area contributed by atoms with Crippen molar-refractivity contribution >= 4 is 16.8 Å². The van der Waals surface area contributed by atoms with Crippen LogP contribution in [0.15, 0.2) is 6.07 Å². The zero-order valence-corrected chi connectivity index (χ0v) is 8.73. The van der Waals surface area contributed by atoms with Crippen LogP contribution in [0.2, 0.25) is 0 Å². The van der Waals surface area contributed by atoms with Crippen LogP contribution in [0.1, 0.15) is 24.4 Å². The zero-order chi connectivity index (χ0) is 11.8. The zero-order valence-electron chi connectivity index (χ0n) is 7.97. The summed E-state index contributed by atoms with van der Waals surface area (Å²) >= 11 is 5.18. The Labute approximate surface area is 88.8 Å². The number of rotatable bonds is 2. The maximum absolute atomic E-state index is 12.3. The van der Waals surface area contributed by atoms with Crippen LogP contribution < -0.4 is 0 Å². The lowest BCUT2D eigenvalue weighted by atomic mass is 10.3. The Hall–Kier alpha value is -1.04. The van der Waals surface area contributed by atoms with Crippen LogP contribution in [0.4, 0.5) is 13.2 Å². The minimum absolute atomic E-state index is 0.240. The lowest BCUT2D eigenvalue weighted by Crippen LogP contribution is -2.16. The van der Waals surface area contributed by atoms with Crippen molar-refractivity contribution in [3.8, 4) is 0 Å². The first-order chi connectivity index (χ1) is 6.73. The van der Waals surface area contributed by atoms with Gasteiger partial charge in [-0.2, -0.15) is 18.3 Å². The van der Waals surface area contributed by atoms with Gasteiger partial charge in [0.25, 0.3) is 0 Å². The first-order valence-corrected chi connectivity index (χ1v) is 4.44. The van der Waals surface area contributed by atoms with Crippen LogP contribution in [-0.2, 0) is 11.0 Å². The normalized spacial score (nSPS) is 14.0. The monoisotopic (exact) mass is 240 g/mol. The Morgan fingerprint density at radius 2 is 2.13 bits per heavy atom. The fourth-order valence-corrected chi connectivity index (χ4v) is 1.21. The molecule has 1 unspecified atom stereocenters. The number of alkyl halides is 3. The minimum atomic E-state index is -4.51. The second-order valence-electron chi connectivity index (χ2n) is 3.09. The van der Waals surface area contributed by atoms with Gasteiger partial charge in [-0.3, -0.25) is 9.48 Å². The molecule has 7 heteroatoms. The van der Waals surface area contributed by atoms with Crippen molar-refractivity contribution < 1.29 is 18.0 Å². The maximum Gasteiger partial charge on any atom is 0.435 e. The van der Waals surface area contributed by atoms with E-state index in [1.807, 2.05) is 0 Å². The molecular formula is C8H8ClF3N2O. The van der Waals surface area contributed by atoms with Crippen molar-refractivity contribution in [2.45, 2.75) is 26.1 Å². The fraction of sp³-hybridized carbons (Fsp3) is 0.500. The molecule has 0 aliphatic carbocycles. The van der Waals surface area contributed by atoms with E-state index in [2.05, 4.69) is 5.10 Å². The van der Waals surface area contributed by atoms with Crippen molar-refractivity contribution in [2.75, 3.05) is 0 Å². The minimum Gasteiger partial charge on any atom is -0.279 e. The van der Waals surface area contributed by atoms with E-state index in [-0.39, 0.29) is 5.69 Å². The summed E-state index contributed by atoms with van der Waals surface area (Å²) in [4.78, 5) is 10.8. The largest absolute Gasteiger partial charge is 0.435 e. The smallest absolute Gasteiger partial charge is 0.279 e. The number of hydrogen-bond donors (Lipinski definition) is 0. The van der Waals surface area contributed by atoms with Crippen molar-refractivity contribution in [1.82, 2.24) is 9.78 Å². The van der Waals surface area contributed by atoms with E-state index in [1.165, 1.54) is 13.8 Å². The average molecular weight is 241 g/mol. The molecular weight excluding hydrogens is 233 g/mol. The SMILES string of the molecule is Cc1cc(C(F)(F)F)nn1C(C)C(=O)Cl. The molecule has 3 nitrogen and oxygen atoms in total. The van der Waals surface area contributed by atoms with E-state index in [1.54, 1.807) is 0 Å². The molecule has 0 saturated heterocycles. The van der Waals surface area contributed by atoms with E-state index < -0.39 is 23.2 Å². The highest BCUT2D eigenvalue weighted by molar-refractivity contribution is 6.64. The molecule has 0 saturated carbocycles. The molecule has 0 aliphatic rings. The van der Waals surface area contributed by atoms with Gasteiger partial charge in [-0.25, -0.2) is 0 Å². The van der Waals surface area contributed by atoms with Gasteiger partial charge in [0, 0.05) is 5.69 Å². The molecule has 1 aromatic heterocycles. The molecule has 0 N–H and O–H groups in total.